The Hall–Kier alpha value is -2.64. The van der Waals surface area contributed by atoms with Crippen molar-refractivity contribution in [1.29, 1.82) is 10.8 Å². The second kappa shape index (κ2) is 5.96. The van der Waals surface area contributed by atoms with Gasteiger partial charge in [0.05, 0.1) is 18.8 Å². The lowest BCUT2D eigenvalue weighted by molar-refractivity contribution is 0.552. The number of furan rings is 1. The smallest absolute Gasteiger partial charge is 0.206 e. The summed E-state index contributed by atoms with van der Waals surface area (Å²) in [4.78, 5) is 0. The largest absolute Gasteiger partial charge is 0.454 e. The van der Waals surface area contributed by atoms with Gasteiger partial charge in [0.15, 0.2) is 0 Å². The minimum absolute atomic E-state index is 0.250. The quantitative estimate of drug-likeness (QED) is 0.263. The molecule has 0 aromatic carbocycles. The summed E-state index contributed by atoms with van der Waals surface area (Å²) in [7, 11) is 0. The van der Waals surface area contributed by atoms with Crippen LogP contribution in [0.5, 0.6) is 0 Å². The summed E-state index contributed by atoms with van der Waals surface area (Å²) < 4.78 is 5.25. The van der Waals surface area contributed by atoms with E-state index in [-0.39, 0.29) is 5.96 Å². The highest BCUT2D eigenvalue weighted by atomic mass is 16.3. The summed E-state index contributed by atoms with van der Waals surface area (Å²) in [6.07, 6.45) is 3.74. The molecule has 84 valence electrons. The zero-order chi connectivity index (χ0) is 11.8. The molecule has 0 aliphatic rings. The van der Waals surface area contributed by atoms with E-state index in [9.17, 15) is 0 Å². The van der Waals surface area contributed by atoms with Gasteiger partial charge in [0.25, 0.3) is 0 Å². The first-order chi connectivity index (χ1) is 7.72. The summed E-state index contributed by atoms with van der Waals surface area (Å²) >= 11 is 0. The van der Waals surface area contributed by atoms with Crippen molar-refractivity contribution in [1.82, 2.24) is 10.9 Å². The highest BCUT2D eigenvalue weighted by molar-refractivity contribution is 5.82. The van der Waals surface area contributed by atoms with Crippen molar-refractivity contribution in [3.8, 4) is 0 Å². The molecule has 0 fully saturated rings. The number of nitrogens with one attached hydrogen (secondary N) is 4. The van der Waals surface area contributed by atoms with Gasteiger partial charge in [0.2, 0.25) is 5.96 Å². The lowest BCUT2D eigenvalue weighted by atomic mass is 10.4. The van der Waals surface area contributed by atoms with Crippen LogP contribution < -0.4 is 16.6 Å². The highest BCUT2D eigenvalue weighted by Crippen LogP contribution is 2.02. The van der Waals surface area contributed by atoms with Crippen molar-refractivity contribution in [2.24, 2.45) is 15.9 Å². The molecule has 0 amide bonds. The standard InChI is InChI=1S/C8H11N7O/c9-5-14-12-3-6-1-2-7(16-6)4-13-15-8(10)11/h1-5H,(H2,9,14)(H4,10,11,15)/b12-3+,13-4+. The molecule has 1 aromatic heterocycles. The maximum absolute atomic E-state index is 6.85. The van der Waals surface area contributed by atoms with Crippen LogP contribution in [0.1, 0.15) is 11.5 Å². The predicted octanol–water partition coefficient (Wildman–Crippen LogP) is -0.373. The molecule has 1 aromatic rings. The van der Waals surface area contributed by atoms with E-state index in [0.29, 0.717) is 11.5 Å². The molecule has 6 N–H and O–H groups in total. The molecule has 8 heteroatoms. The van der Waals surface area contributed by atoms with Gasteiger partial charge in [-0.2, -0.15) is 10.2 Å². The van der Waals surface area contributed by atoms with Crippen LogP contribution in [-0.2, 0) is 0 Å². The predicted molar refractivity (Wildman–Crippen MR) is 60.9 cm³/mol. The Balaban J connectivity index is 2.54. The van der Waals surface area contributed by atoms with Gasteiger partial charge in [-0.3, -0.25) is 16.2 Å². The van der Waals surface area contributed by atoms with E-state index in [1.54, 1.807) is 12.1 Å². The molecule has 0 spiro atoms. The number of hydrogen-bond donors (Lipinski definition) is 5. The first-order valence-electron chi connectivity index (χ1n) is 4.23. The Bertz CT molecular complexity index is 420. The minimum atomic E-state index is -0.250. The van der Waals surface area contributed by atoms with E-state index in [4.69, 9.17) is 21.0 Å². The van der Waals surface area contributed by atoms with E-state index in [1.807, 2.05) is 0 Å². The molecule has 8 nitrogen and oxygen atoms in total. The van der Waals surface area contributed by atoms with Crippen molar-refractivity contribution in [3.63, 3.8) is 0 Å². The average Bonchev–Trinajstić information content (AvgIpc) is 2.66. The van der Waals surface area contributed by atoms with Gasteiger partial charge in [-0.25, -0.2) is 5.43 Å². The van der Waals surface area contributed by atoms with Gasteiger partial charge in [0.1, 0.15) is 11.5 Å². The van der Waals surface area contributed by atoms with Gasteiger partial charge >= 0.3 is 0 Å². The van der Waals surface area contributed by atoms with Crippen LogP contribution >= 0.6 is 0 Å². The Morgan fingerprint density at radius 2 is 1.94 bits per heavy atom. The summed E-state index contributed by atoms with van der Waals surface area (Å²) in [5.41, 5.74) is 9.59. The lowest BCUT2D eigenvalue weighted by Gasteiger charge is -1.91. The first kappa shape index (κ1) is 11.4. The van der Waals surface area contributed by atoms with E-state index in [0.717, 1.165) is 6.34 Å². The molecule has 0 aliphatic carbocycles. The summed E-state index contributed by atoms with van der Waals surface area (Å²) in [6.45, 7) is 0. The van der Waals surface area contributed by atoms with Gasteiger partial charge in [-0.05, 0) is 12.1 Å². The van der Waals surface area contributed by atoms with Crippen molar-refractivity contribution < 1.29 is 4.42 Å². The second-order valence-electron chi connectivity index (χ2n) is 2.56. The van der Waals surface area contributed by atoms with E-state index in [2.05, 4.69) is 21.1 Å². The fourth-order valence-corrected chi connectivity index (χ4v) is 0.811. The van der Waals surface area contributed by atoms with Crippen LogP contribution in [0, 0.1) is 10.8 Å². The number of guanidine groups is 1. The van der Waals surface area contributed by atoms with Crippen molar-refractivity contribution >= 4 is 24.7 Å². The molecule has 16 heavy (non-hydrogen) atoms. The van der Waals surface area contributed by atoms with Gasteiger partial charge in [0, 0.05) is 0 Å². The fourth-order valence-electron chi connectivity index (χ4n) is 0.811. The molecule has 0 saturated carbocycles. The molecule has 1 rings (SSSR count). The Labute approximate surface area is 91.2 Å². The Morgan fingerprint density at radius 1 is 1.31 bits per heavy atom. The third kappa shape index (κ3) is 4.05. The zero-order valence-electron chi connectivity index (χ0n) is 8.27. The first-order valence-corrected chi connectivity index (χ1v) is 4.23. The van der Waals surface area contributed by atoms with Crippen molar-refractivity contribution in [2.75, 3.05) is 0 Å². The Morgan fingerprint density at radius 3 is 2.50 bits per heavy atom. The normalized spacial score (nSPS) is 10.8. The number of hydrogen-bond acceptors (Lipinski definition) is 5. The third-order valence-electron chi connectivity index (χ3n) is 1.36. The number of nitrogens with two attached hydrogens (primary N) is 1. The maximum Gasteiger partial charge on any atom is 0.206 e. The SMILES string of the molecule is N=CN/N=C/c1ccc(/C=N/NC(=N)N)o1. The third-order valence-corrected chi connectivity index (χ3v) is 1.36. The number of hydrazone groups is 2. The molecule has 0 atom stereocenters. The van der Waals surface area contributed by atoms with Gasteiger partial charge in [-0.15, -0.1) is 0 Å². The van der Waals surface area contributed by atoms with Crippen LogP contribution in [0.15, 0.2) is 26.8 Å². The topological polar surface area (TPSA) is 136 Å². The monoisotopic (exact) mass is 221 g/mol. The molecule has 0 radical (unpaired) electrons. The van der Waals surface area contributed by atoms with Crippen molar-refractivity contribution in [2.45, 2.75) is 0 Å². The van der Waals surface area contributed by atoms with Crippen molar-refractivity contribution in [3.05, 3.63) is 23.7 Å². The number of rotatable bonds is 5. The van der Waals surface area contributed by atoms with E-state index < -0.39 is 0 Å². The summed E-state index contributed by atoms with van der Waals surface area (Å²) in [5, 5.41) is 20.8. The molecule has 1 heterocycles. The Kier molecular flexibility index (Phi) is 4.26. The molecular weight excluding hydrogens is 210 g/mol. The second-order valence-corrected chi connectivity index (χ2v) is 2.56. The van der Waals surface area contributed by atoms with Gasteiger partial charge < -0.3 is 10.2 Å². The molecular formula is C8H11N7O. The molecule has 0 aliphatic heterocycles. The van der Waals surface area contributed by atoms with E-state index >= 15 is 0 Å². The van der Waals surface area contributed by atoms with Crippen LogP contribution in [-0.4, -0.2) is 24.7 Å². The van der Waals surface area contributed by atoms with E-state index in [1.165, 1.54) is 12.4 Å². The molecule has 0 bridgehead atoms. The maximum atomic E-state index is 6.85. The summed E-state index contributed by atoms with van der Waals surface area (Å²) in [6, 6.07) is 3.36. The number of nitrogens with zero attached hydrogens (tertiary/aromatic N) is 2. The van der Waals surface area contributed by atoms with Gasteiger partial charge in [-0.1, -0.05) is 0 Å². The van der Waals surface area contributed by atoms with Crippen LogP contribution in [0.25, 0.3) is 0 Å². The lowest BCUT2D eigenvalue weighted by Crippen LogP contribution is -2.25. The highest BCUT2D eigenvalue weighted by Gasteiger charge is 1.96. The summed E-state index contributed by atoms with van der Waals surface area (Å²) in [5.74, 6) is 0.753. The molecule has 0 unspecified atom stereocenters. The van der Waals surface area contributed by atoms with Crippen LogP contribution in [0.2, 0.25) is 0 Å². The fraction of sp³-hybridized carbons (Fsp3) is 0. The van der Waals surface area contributed by atoms with Crippen LogP contribution in [0.3, 0.4) is 0 Å². The van der Waals surface area contributed by atoms with Crippen LogP contribution in [0.4, 0.5) is 0 Å². The zero-order valence-corrected chi connectivity index (χ0v) is 8.27. The minimum Gasteiger partial charge on any atom is -0.454 e. The molecule has 0 saturated heterocycles. The average molecular weight is 221 g/mol.